The molecule has 8 rings (SSSR count). The number of rotatable bonds is 12. The quantitative estimate of drug-likeness (QED) is 0.0965. The summed E-state index contributed by atoms with van der Waals surface area (Å²) in [6, 6.07) is 16.9. The molecule has 0 atom stereocenters. The molecule has 6 aromatic rings. The minimum Gasteiger partial charge on any atom is -0.497 e. The minimum absolute atomic E-state index is 0.0172. The second-order valence-corrected chi connectivity index (χ2v) is 16.9. The number of halogens is 3. The van der Waals surface area contributed by atoms with Crippen molar-refractivity contribution in [2.45, 2.75) is 83.4 Å². The summed E-state index contributed by atoms with van der Waals surface area (Å²) >= 11 is 0. The Morgan fingerprint density at radius 1 is 0.667 bits per heavy atom. The zero-order valence-corrected chi connectivity index (χ0v) is 36.5. The normalized spacial score (nSPS) is 18.9. The molecule has 2 aliphatic carbocycles. The van der Waals surface area contributed by atoms with Crippen LogP contribution in [0, 0.1) is 25.7 Å². The number of H-pyrrole nitrogens is 2. The van der Waals surface area contributed by atoms with E-state index >= 15 is 0 Å². The van der Waals surface area contributed by atoms with Crippen LogP contribution in [-0.4, -0.2) is 67.4 Å². The number of alkyl halides is 3. The summed E-state index contributed by atoms with van der Waals surface area (Å²) in [6.45, 7) is 5.12. The van der Waals surface area contributed by atoms with Crippen LogP contribution in [0.1, 0.15) is 107 Å². The van der Waals surface area contributed by atoms with Gasteiger partial charge in [0.05, 0.1) is 29.6 Å². The van der Waals surface area contributed by atoms with Crippen molar-refractivity contribution in [3.63, 3.8) is 0 Å². The fourth-order valence-electron chi connectivity index (χ4n) is 9.03. The maximum Gasteiger partial charge on any atom is 0.573 e. The summed E-state index contributed by atoms with van der Waals surface area (Å²) in [5.41, 5.74) is 5.94. The first-order valence-corrected chi connectivity index (χ1v) is 21.6. The van der Waals surface area contributed by atoms with E-state index in [1.165, 1.54) is 30.1 Å². The smallest absolute Gasteiger partial charge is 0.497 e. The van der Waals surface area contributed by atoms with E-state index < -0.39 is 6.36 Å². The van der Waals surface area contributed by atoms with Gasteiger partial charge in [-0.1, -0.05) is 0 Å². The molecular weight excluding hydrogens is 810 g/mol. The first kappa shape index (κ1) is 44.8. The first-order valence-electron chi connectivity index (χ1n) is 21.6. The van der Waals surface area contributed by atoms with E-state index in [0.29, 0.717) is 52.6 Å². The van der Waals surface area contributed by atoms with Crippen LogP contribution in [0.5, 0.6) is 11.5 Å². The number of carbonyl (C=O) groups is 2. The van der Waals surface area contributed by atoms with Gasteiger partial charge in [-0.05, 0) is 149 Å². The lowest BCUT2D eigenvalue weighted by molar-refractivity contribution is -0.274. The van der Waals surface area contributed by atoms with Crippen molar-refractivity contribution in [3.05, 3.63) is 120 Å². The average molecular weight is 867 g/mol. The molecule has 2 saturated carbocycles. The maximum atomic E-state index is 12.9. The van der Waals surface area contributed by atoms with Gasteiger partial charge in [-0.25, -0.2) is 9.97 Å². The molecule has 0 radical (unpaired) electrons. The van der Waals surface area contributed by atoms with Crippen LogP contribution < -0.4 is 20.1 Å². The lowest BCUT2D eigenvalue weighted by Crippen LogP contribution is -2.31. The minimum atomic E-state index is -4.74. The number of benzene rings is 2. The number of carbonyl (C=O) groups excluding carboxylic acids is 2. The van der Waals surface area contributed by atoms with Gasteiger partial charge in [0.25, 0.3) is 11.8 Å². The van der Waals surface area contributed by atoms with Crippen molar-refractivity contribution in [2.75, 3.05) is 20.2 Å². The number of hydrogen-bond donors (Lipinski definition) is 4. The molecule has 334 valence electrons. The molecular formula is C48H57F3N8O4. The Labute approximate surface area is 366 Å². The summed E-state index contributed by atoms with van der Waals surface area (Å²) in [6.07, 6.45) is 11.6. The molecule has 4 heterocycles. The van der Waals surface area contributed by atoms with Crippen LogP contribution in [0.4, 0.5) is 13.2 Å². The standard InChI is InChI=1S/C24H27F3N4O2.C24H30N4O2/c1-15-13-20(21(30-15)17-7-9-19(10-8-17)33-24(25,26)27)23(32)29-14-16-3-5-18(6-4-16)22-28-11-12-31(22)2;1-16-14-21(22(27-16)18-8-10-20(30-3)11-9-18)24(29)26-15-17-4-6-19(7-5-17)23-25-12-13-28(23)2/h7-13,16,18,30H,3-6,14H2,1-2H3,(H,29,32);8-14,17,19,27H,4-7,15H2,1-3H3,(H,26,29). The van der Waals surface area contributed by atoms with Crippen molar-refractivity contribution in [2.24, 2.45) is 25.9 Å². The lowest BCUT2D eigenvalue weighted by atomic mass is 9.81. The van der Waals surface area contributed by atoms with Gasteiger partial charge < -0.3 is 39.2 Å². The van der Waals surface area contributed by atoms with Gasteiger partial charge >= 0.3 is 6.36 Å². The molecule has 4 N–H and O–H groups in total. The van der Waals surface area contributed by atoms with E-state index in [1.807, 2.05) is 76.0 Å². The summed E-state index contributed by atoms with van der Waals surface area (Å²) < 4.78 is 50.6. The maximum absolute atomic E-state index is 12.9. The van der Waals surface area contributed by atoms with Crippen molar-refractivity contribution < 1.29 is 32.2 Å². The van der Waals surface area contributed by atoms with Gasteiger partial charge in [0.2, 0.25) is 0 Å². The average Bonchev–Trinajstić information content (AvgIpc) is 4.09. The fourth-order valence-corrected chi connectivity index (χ4v) is 9.03. The number of aromatic amines is 2. The molecule has 63 heavy (non-hydrogen) atoms. The topological polar surface area (TPSA) is 144 Å². The molecule has 2 amide bonds. The predicted molar refractivity (Wildman–Crippen MR) is 236 cm³/mol. The molecule has 4 aromatic heterocycles. The Kier molecular flexibility index (Phi) is 14.1. The van der Waals surface area contributed by atoms with Crippen LogP contribution in [-0.2, 0) is 14.1 Å². The van der Waals surface area contributed by atoms with E-state index in [-0.39, 0.29) is 17.6 Å². The molecule has 0 saturated heterocycles. The number of ether oxygens (including phenoxy) is 2. The molecule has 0 spiro atoms. The third kappa shape index (κ3) is 11.4. The molecule has 0 unspecified atom stereocenters. The largest absolute Gasteiger partial charge is 0.573 e. The molecule has 0 bridgehead atoms. The summed E-state index contributed by atoms with van der Waals surface area (Å²) in [5.74, 6) is 4.51. The molecule has 0 aliphatic heterocycles. The van der Waals surface area contributed by atoms with E-state index in [4.69, 9.17) is 4.74 Å². The molecule has 12 nitrogen and oxygen atoms in total. The number of aryl methyl sites for hydroxylation is 4. The number of methoxy groups -OCH3 is 1. The first-order chi connectivity index (χ1) is 30.2. The highest BCUT2D eigenvalue weighted by atomic mass is 19.4. The summed E-state index contributed by atoms with van der Waals surface area (Å²) in [7, 11) is 5.73. The zero-order valence-electron chi connectivity index (χ0n) is 36.5. The van der Waals surface area contributed by atoms with Crippen LogP contribution in [0.3, 0.4) is 0 Å². The lowest BCUT2D eigenvalue weighted by Gasteiger charge is -2.28. The van der Waals surface area contributed by atoms with Crippen LogP contribution >= 0.6 is 0 Å². The molecule has 2 aromatic carbocycles. The Morgan fingerprint density at radius 2 is 1.06 bits per heavy atom. The van der Waals surface area contributed by atoms with E-state index in [1.54, 1.807) is 13.2 Å². The third-order valence-corrected chi connectivity index (χ3v) is 12.4. The monoisotopic (exact) mass is 866 g/mol. The Balaban J connectivity index is 0.000000190. The van der Waals surface area contributed by atoms with Gasteiger partial charge in [-0.2, -0.15) is 0 Å². The highest BCUT2D eigenvalue weighted by molar-refractivity contribution is 6.01. The van der Waals surface area contributed by atoms with Crippen LogP contribution in [0.15, 0.2) is 85.5 Å². The number of nitrogens with zero attached hydrogens (tertiary/aromatic N) is 4. The number of imidazole rings is 2. The van der Waals surface area contributed by atoms with Gasteiger partial charge in [0, 0.05) is 75.2 Å². The van der Waals surface area contributed by atoms with Crippen molar-refractivity contribution in [3.8, 4) is 34.0 Å². The highest BCUT2D eigenvalue weighted by Gasteiger charge is 2.31. The Morgan fingerprint density at radius 3 is 1.41 bits per heavy atom. The van der Waals surface area contributed by atoms with Gasteiger partial charge in [0.1, 0.15) is 23.1 Å². The summed E-state index contributed by atoms with van der Waals surface area (Å²) in [5, 5.41) is 6.21. The van der Waals surface area contributed by atoms with Crippen molar-refractivity contribution in [1.29, 1.82) is 0 Å². The van der Waals surface area contributed by atoms with E-state index in [9.17, 15) is 22.8 Å². The molecule has 2 aliphatic rings. The Hall–Kier alpha value is -6.25. The second kappa shape index (κ2) is 19.9. The second-order valence-electron chi connectivity index (χ2n) is 16.9. The van der Waals surface area contributed by atoms with Crippen LogP contribution in [0.2, 0.25) is 0 Å². The number of aromatic nitrogens is 6. The predicted octanol–water partition coefficient (Wildman–Crippen LogP) is 9.76. The summed E-state index contributed by atoms with van der Waals surface area (Å²) in [4.78, 5) is 41.3. The number of amides is 2. The fraction of sp³-hybridized carbons (Fsp3) is 0.417. The molecule has 2 fully saturated rings. The van der Waals surface area contributed by atoms with E-state index in [0.717, 1.165) is 92.1 Å². The van der Waals surface area contributed by atoms with Gasteiger partial charge in [-0.3, -0.25) is 9.59 Å². The van der Waals surface area contributed by atoms with E-state index in [2.05, 4.69) is 51.5 Å². The zero-order chi connectivity index (χ0) is 44.7. The number of nitrogens with one attached hydrogen (secondary N) is 4. The SMILES string of the molecule is COc1ccc(-c2[nH]c(C)cc2C(=O)NCC2CCC(c3nccn3C)CC2)cc1.Cc1cc(C(=O)NCC2CCC(c3nccn3C)CC2)c(-c2ccc(OC(F)(F)F)cc2)[nH]1. The van der Waals surface area contributed by atoms with Gasteiger partial charge in [-0.15, -0.1) is 13.2 Å². The molecule has 15 heteroatoms. The highest BCUT2D eigenvalue weighted by Crippen LogP contribution is 2.36. The Bertz CT molecular complexity index is 2430. The van der Waals surface area contributed by atoms with Crippen LogP contribution in [0.25, 0.3) is 22.5 Å². The number of hydrogen-bond acceptors (Lipinski definition) is 6. The van der Waals surface area contributed by atoms with Gasteiger partial charge in [0.15, 0.2) is 0 Å². The third-order valence-electron chi connectivity index (χ3n) is 12.4. The van der Waals surface area contributed by atoms with Crippen molar-refractivity contribution >= 4 is 11.8 Å². The van der Waals surface area contributed by atoms with Crippen molar-refractivity contribution in [1.82, 2.24) is 39.7 Å².